The van der Waals surface area contributed by atoms with Crippen LogP contribution in [0.4, 0.5) is 4.79 Å². The van der Waals surface area contributed by atoms with Crippen molar-refractivity contribution in [2.45, 2.75) is 18.8 Å². The Labute approximate surface area is 186 Å². The molecule has 0 radical (unpaired) electrons. The second-order valence-electron chi connectivity index (χ2n) is 8.57. The monoisotopic (exact) mass is 431 g/mol. The van der Waals surface area contributed by atoms with Crippen LogP contribution in [-0.4, -0.2) is 51.5 Å². The predicted molar refractivity (Wildman–Crippen MR) is 118 cm³/mol. The number of likely N-dealkylation sites (tertiary alicyclic amines) is 1. The number of aliphatic carboxylic acids is 1. The second kappa shape index (κ2) is 7.82. The quantitative estimate of drug-likeness (QED) is 0.680. The molecule has 0 bridgehead atoms. The molecule has 0 unspecified atom stereocenters. The zero-order valence-corrected chi connectivity index (χ0v) is 18.1. The van der Waals surface area contributed by atoms with Crippen LogP contribution in [0.2, 0.25) is 0 Å². The molecular weight excluding hydrogens is 406 g/mol. The maximum atomic E-state index is 13.0. The standard InChI is InChI=1S/C25H25N3O4/c1-15-20(11-26-27(15)2)21-12-28(13-22(21)24(29)30)25(31)32-14-23-18-9-5-3-7-16(18)17-8-4-6-10-19(17)23/h3-11,21-23H,12-14H2,1-2H3,(H,29,30)/t21-,22+/m1/s1. The molecule has 0 saturated carbocycles. The summed E-state index contributed by atoms with van der Waals surface area (Å²) in [5.41, 5.74) is 6.42. The molecule has 2 atom stereocenters. The highest BCUT2D eigenvalue weighted by atomic mass is 16.6. The van der Waals surface area contributed by atoms with Crippen molar-refractivity contribution in [3.63, 3.8) is 0 Å². The number of rotatable bonds is 4. The van der Waals surface area contributed by atoms with Crippen molar-refractivity contribution < 1.29 is 19.4 Å². The predicted octanol–water partition coefficient (Wildman–Crippen LogP) is 3.78. The summed E-state index contributed by atoms with van der Waals surface area (Å²) in [5.74, 6) is -1.92. The lowest BCUT2D eigenvalue weighted by molar-refractivity contribution is -0.141. The molecule has 7 heteroatoms. The summed E-state index contributed by atoms with van der Waals surface area (Å²) in [5, 5.41) is 14.0. The van der Waals surface area contributed by atoms with Crippen molar-refractivity contribution >= 4 is 12.1 Å². The molecule has 1 fully saturated rings. The normalized spacial score (nSPS) is 19.6. The first-order chi connectivity index (χ1) is 15.5. The number of carboxylic acid groups (broad SMARTS) is 1. The Morgan fingerprint density at radius 1 is 1.03 bits per heavy atom. The van der Waals surface area contributed by atoms with E-state index in [0.29, 0.717) is 6.54 Å². The molecule has 0 spiro atoms. The number of aryl methyl sites for hydroxylation is 1. The van der Waals surface area contributed by atoms with Gasteiger partial charge in [-0.1, -0.05) is 48.5 Å². The molecule has 3 aromatic rings. The summed E-state index contributed by atoms with van der Waals surface area (Å²) >= 11 is 0. The van der Waals surface area contributed by atoms with Crippen LogP contribution in [0.5, 0.6) is 0 Å². The highest BCUT2D eigenvalue weighted by Gasteiger charge is 2.42. The van der Waals surface area contributed by atoms with Crippen LogP contribution >= 0.6 is 0 Å². The number of aromatic nitrogens is 2. The fourth-order valence-corrected chi connectivity index (χ4v) is 5.08. The van der Waals surface area contributed by atoms with Gasteiger partial charge in [0.05, 0.1) is 12.1 Å². The molecule has 164 valence electrons. The molecule has 1 amide bonds. The van der Waals surface area contributed by atoms with E-state index in [2.05, 4.69) is 29.4 Å². The van der Waals surface area contributed by atoms with E-state index >= 15 is 0 Å². The molecule has 1 aliphatic heterocycles. The van der Waals surface area contributed by atoms with Gasteiger partial charge in [0.1, 0.15) is 6.61 Å². The van der Waals surface area contributed by atoms with Crippen LogP contribution in [0.1, 0.15) is 34.2 Å². The van der Waals surface area contributed by atoms with Gasteiger partial charge in [-0.05, 0) is 34.7 Å². The van der Waals surface area contributed by atoms with Gasteiger partial charge < -0.3 is 14.7 Å². The molecule has 1 aliphatic carbocycles. The molecule has 2 aliphatic rings. The Morgan fingerprint density at radius 3 is 2.22 bits per heavy atom. The maximum absolute atomic E-state index is 13.0. The topological polar surface area (TPSA) is 84.7 Å². The molecular formula is C25H25N3O4. The molecule has 7 nitrogen and oxygen atoms in total. The second-order valence-corrected chi connectivity index (χ2v) is 8.57. The third-order valence-corrected chi connectivity index (χ3v) is 6.90. The summed E-state index contributed by atoms with van der Waals surface area (Å²) in [6.07, 6.45) is 1.24. The number of benzene rings is 2. The lowest BCUT2D eigenvalue weighted by Crippen LogP contribution is -2.31. The van der Waals surface area contributed by atoms with Crippen LogP contribution < -0.4 is 0 Å². The zero-order valence-electron chi connectivity index (χ0n) is 18.1. The Morgan fingerprint density at radius 2 is 1.66 bits per heavy atom. The van der Waals surface area contributed by atoms with Gasteiger partial charge in [0.25, 0.3) is 0 Å². The van der Waals surface area contributed by atoms with Crippen molar-refractivity contribution in [1.29, 1.82) is 0 Å². The third-order valence-electron chi connectivity index (χ3n) is 6.90. The SMILES string of the molecule is Cc1c([C@H]2CN(C(=O)OCC3c4ccccc4-c4ccccc43)C[C@@H]2C(=O)O)cnn1C. The molecule has 1 N–H and O–H groups in total. The van der Waals surface area contributed by atoms with E-state index in [1.165, 1.54) is 16.0 Å². The Bertz CT molecular complexity index is 1160. The Balaban J connectivity index is 1.33. The van der Waals surface area contributed by atoms with Crippen molar-refractivity contribution in [3.8, 4) is 11.1 Å². The van der Waals surface area contributed by atoms with E-state index in [-0.39, 0.29) is 25.0 Å². The van der Waals surface area contributed by atoms with Gasteiger partial charge in [-0.25, -0.2) is 4.79 Å². The minimum absolute atomic E-state index is 0.0272. The van der Waals surface area contributed by atoms with Gasteiger partial charge in [0.2, 0.25) is 0 Å². The molecule has 1 saturated heterocycles. The largest absolute Gasteiger partial charge is 0.481 e. The van der Waals surface area contributed by atoms with Crippen LogP contribution in [0.25, 0.3) is 11.1 Å². The van der Waals surface area contributed by atoms with Crippen LogP contribution in [0.15, 0.2) is 54.7 Å². The smallest absolute Gasteiger partial charge is 0.409 e. The molecule has 5 rings (SSSR count). The van der Waals surface area contributed by atoms with E-state index in [4.69, 9.17) is 4.74 Å². The summed E-state index contributed by atoms with van der Waals surface area (Å²) in [6.45, 7) is 2.57. The number of carbonyl (C=O) groups excluding carboxylic acids is 1. The number of carboxylic acids is 1. The summed E-state index contributed by atoms with van der Waals surface area (Å²) < 4.78 is 7.47. The number of hydrogen-bond acceptors (Lipinski definition) is 4. The first kappa shape index (κ1) is 20.3. The summed E-state index contributed by atoms with van der Waals surface area (Å²) in [4.78, 5) is 26.4. The van der Waals surface area contributed by atoms with E-state index in [1.54, 1.807) is 10.9 Å². The van der Waals surface area contributed by atoms with Gasteiger partial charge >= 0.3 is 12.1 Å². The van der Waals surface area contributed by atoms with E-state index in [9.17, 15) is 14.7 Å². The molecule has 32 heavy (non-hydrogen) atoms. The molecule has 1 aromatic heterocycles. The van der Waals surface area contributed by atoms with E-state index in [0.717, 1.165) is 22.4 Å². The Kier molecular flexibility index (Phi) is 4.96. The lowest BCUT2D eigenvalue weighted by Gasteiger charge is -2.19. The van der Waals surface area contributed by atoms with Crippen LogP contribution in [-0.2, 0) is 16.6 Å². The van der Waals surface area contributed by atoms with Gasteiger partial charge in [0.15, 0.2) is 0 Å². The molecule has 2 heterocycles. The minimum atomic E-state index is -0.910. The van der Waals surface area contributed by atoms with E-state index in [1.807, 2.05) is 38.2 Å². The average molecular weight is 431 g/mol. The van der Waals surface area contributed by atoms with Gasteiger partial charge in [-0.15, -0.1) is 0 Å². The highest BCUT2D eigenvalue weighted by molar-refractivity contribution is 5.79. The van der Waals surface area contributed by atoms with Crippen molar-refractivity contribution in [3.05, 3.63) is 77.1 Å². The first-order valence-corrected chi connectivity index (χ1v) is 10.8. The zero-order chi connectivity index (χ0) is 22.4. The van der Waals surface area contributed by atoms with Crippen molar-refractivity contribution in [2.24, 2.45) is 13.0 Å². The molecule has 2 aromatic carbocycles. The maximum Gasteiger partial charge on any atom is 0.409 e. The Hall–Kier alpha value is -3.61. The number of fused-ring (bicyclic) bond motifs is 3. The van der Waals surface area contributed by atoms with Crippen LogP contribution in [0.3, 0.4) is 0 Å². The van der Waals surface area contributed by atoms with E-state index < -0.39 is 18.0 Å². The first-order valence-electron chi connectivity index (χ1n) is 10.8. The summed E-state index contributed by atoms with van der Waals surface area (Å²) in [6, 6.07) is 16.4. The summed E-state index contributed by atoms with van der Waals surface area (Å²) in [7, 11) is 1.83. The number of hydrogen-bond donors (Lipinski definition) is 1. The number of amides is 1. The van der Waals surface area contributed by atoms with Crippen molar-refractivity contribution in [2.75, 3.05) is 19.7 Å². The minimum Gasteiger partial charge on any atom is -0.481 e. The van der Waals surface area contributed by atoms with Gasteiger partial charge in [-0.2, -0.15) is 5.10 Å². The van der Waals surface area contributed by atoms with Crippen molar-refractivity contribution in [1.82, 2.24) is 14.7 Å². The van der Waals surface area contributed by atoms with Gasteiger partial charge in [-0.3, -0.25) is 9.48 Å². The van der Waals surface area contributed by atoms with Gasteiger partial charge in [0, 0.05) is 37.7 Å². The van der Waals surface area contributed by atoms with Crippen LogP contribution in [0, 0.1) is 12.8 Å². The third kappa shape index (κ3) is 3.25. The highest BCUT2D eigenvalue weighted by Crippen LogP contribution is 2.44. The fraction of sp³-hybridized carbons (Fsp3) is 0.320. The number of nitrogens with zero attached hydrogens (tertiary/aromatic N) is 3. The number of ether oxygens (including phenoxy) is 1. The number of carbonyl (C=O) groups is 2. The fourth-order valence-electron chi connectivity index (χ4n) is 5.08. The lowest BCUT2D eigenvalue weighted by atomic mass is 9.89. The average Bonchev–Trinajstić information content (AvgIpc) is 3.47.